The van der Waals surface area contributed by atoms with E-state index in [2.05, 4.69) is 20.4 Å². The molecule has 0 fully saturated rings. The Bertz CT molecular complexity index is 328. The molecule has 0 saturated heterocycles. The van der Waals surface area contributed by atoms with Gasteiger partial charge in [0.1, 0.15) is 18.3 Å². The summed E-state index contributed by atoms with van der Waals surface area (Å²) in [6.45, 7) is 0. The molecule has 56 valence electrons. The van der Waals surface area contributed by atoms with Crippen LogP contribution >= 0.6 is 0 Å². The molecule has 5 heteroatoms. The molecule has 5 nitrogen and oxygen atoms in total. The molecule has 0 aromatic carbocycles. The van der Waals surface area contributed by atoms with E-state index in [4.69, 9.17) is 0 Å². The first-order valence-corrected chi connectivity index (χ1v) is 3.22. The maximum Gasteiger partial charge on any atom is 0.182 e. The Hall–Kier alpha value is -1.65. The largest absolute Gasteiger partial charge is 0.328 e. The summed E-state index contributed by atoms with van der Waals surface area (Å²) in [4.78, 5) is 12.0. The van der Waals surface area contributed by atoms with Crippen molar-refractivity contribution >= 4 is 0 Å². The number of aromatic nitrogens is 4. The number of fused-ring (bicyclic) bond motifs is 1. The Morgan fingerprint density at radius 1 is 1.36 bits per heavy atom. The van der Waals surface area contributed by atoms with Crippen molar-refractivity contribution in [1.82, 2.24) is 19.6 Å². The SMILES string of the molecule is CNn1cnc2ncnc-2c1. The lowest BCUT2D eigenvalue weighted by atomic mass is 10.4. The van der Waals surface area contributed by atoms with Gasteiger partial charge in [-0.25, -0.2) is 15.0 Å². The first kappa shape index (κ1) is 6.09. The van der Waals surface area contributed by atoms with Crippen molar-refractivity contribution in [3.63, 3.8) is 0 Å². The topological polar surface area (TPSA) is 55.6 Å². The molecule has 2 aliphatic rings. The lowest BCUT2D eigenvalue weighted by Crippen LogP contribution is -2.10. The Labute approximate surface area is 63.4 Å². The molecular formula is C6H7N5. The molecule has 0 aromatic heterocycles. The molecule has 0 saturated carbocycles. The molecule has 0 unspecified atom stereocenters. The van der Waals surface area contributed by atoms with E-state index in [0.29, 0.717) is 5.82 Å². The minimum atomic E-state index is 0.677. The van der Waals surface area contributed by atoms with Crippen LogP contribution in [0.25, 0.3) is 11.5 Å². The lowest BCUT2D eigenvalue weighted by Gasteiger charge is -2.03. The second-order valence-electron chi connectivity index (χ2n) is 2.09. The van der Waals surface area contributed by atoms with Gasteiger partial charge in [-0.05, 0) is 0 Å². The van der Waals surface area contributed by atoms with Crippen molar-refractivity contribution < 1.29 is 0 Å². The molecule has 0 bridgehead atoms. The molecule has 2 aliphatic heterocycles. The Morgan fingerprint density at radius 2 is 2.27 bits per heavy atom. The van der Waals surface area contributed by atoms with E-state index in [-0.39, 0.29) is 0 Å². The standard InChI is InChI=1S/C6H7N5/c1-7-11-2-5-6(10-4-11)9-3-8-5/h2-4,7H,1H3. The van der Waals surface area contributed by atoms with E-state index in [1.165, 1.54) is 6.33 Å². The van der Waals surface area contributed by atoms with E-state index in [9.17, 15) is 0 Å². The van der Waals surface area contributed by atoms with Crippen LogP contribution < -0.4 is 5.43 Å². The quantitative estimate of drug-likeness (QED) is 0.617. The van der Waals surface area contributed by atoms with E-state index < -0.39 is 0 Å². The summed E-state index contributed by atoms with van der Waals surface area (Å²) in [7, 11) is 1.81. The van der Waals surface area contributed by atoms with Gasteiger partial charge < -0.3 is 5.43 Å². The molecule has 1 N–H and O–H groups in total. The molecule has 0 radical (unpaired) electrons. The third kappa shape index (κ3) is 0.899. The van der Waals surface area contributed by atoms with Crippen LogP contribution in [-0.2, 0) is 0 Å². The molecule has 0 amide bonds. The summed E-state index contributed by atoms with van der Waals surface area (Å²) >= 11 is 0. The highest BCUT2D eigenvalue weighted by molar-refractivity contribution is 5.47. The average molecular weight is 149 g/mol. The second kappa shape index (κ2) is 2.19. The van der Waals surface area contributed by atoms with Gasteiger partial charge in [-0.15, -0.1) is 0 Å². The number of hydrogen-bond donors (Lipinski definition) is 1. The maximum atomic E-state index is 4.04. The van der Waals surface area contributed by atoms with Gasteiger partial charge in [0.25, 0.3) is 0 Å². The summed E-state index contributed by atoms with van der Waals surface area (Å²) in [5, 5.41) is 0. The third-order valence-electron chi connectivity index (χ3n) is 1.43. The first-order valence-electron chi connectivity index (χ1n) is 3.22. The zero-order chi connectivity index (χ0) is 7.68. The monoisotopic (exact) mass is 149 g/mol. The normalized spacial score (nSPS) is 10.3. The van der Waals surface area contributed by atoms with Crippen molar-refractivity contribution in [3.8, 4) is 11.5 Å². The minimum Gasteiger partial charge on any atom is -0.328 e. The van der Waals surface area contributed by atoms with Gasteiger partial charge in [0.15, 0.2) is 5.82 Å². The molecule has 0 aliphatic carbocycles. The van der Waals surface area contributed by atoms with Crippen molar-refractivity contribution in [2.45, 2.75) is 0 Å². The van der Waals surface area contributed by atoms with Crippen LogP contribution in [0.15, 0.2) is 18.9 Å². The molecule has 2 heterocycles. The third-order valence-corrected chi connectivity index (χ3v) is 1.43. The van der Waals surface area contributed by atoms with E-state index in [1.807, 2.05) is 13.2 Å². The fourth-order valence-electron chi connectivity index (χ4n) is 0.864. The van der Waals surface area contributed by atoms with Crippen molar-refractivity contribution in [2.75, 3.05) is 12.5 Å². The zero-order valence-corrected chi connectivity index (χ0v) is 6.02. The number of imidazole rings is 1. The van der Waals surface area contributed by atoms with E-state index >= 15 is 0 Å². The molecule has 0 atom stereocenters. The van der Waals surface area contributed by atoms with Crippen LogP contribution in [-0.4, -0.2) is 26.7 Å². The summed E-state index contributed by atoms with van der Waals surface area (Å²) in [5.41, 5.74) is 3.69. The van der Waals surface area contributed by atoms with Crippen molar-refractivity contribution in [1.29, 1.82) is 0 Å². The van der Waals surface area contributed by atoms with E-state index in [0.717, 1.165) is 5.69 Å². The van der Waals surface area contributed by atoms with Gasteiger partial charge in [-0.1, -0.05) is 0 Å². The Kier molecular flexibility index (Phi) is 1.21. The van der Waals surface area contributed by atoms with Gasteiger partial charge in [-0.2, -0.15) is 0 Å². The maximum absolute atomic E-state index is 4.04. The average Bonchev–Trinajstić information content (AvgIpc) is 2.50. The van der Waals surface area contributed by atoms with Gasteiger partial charge in [0.05, 0.1) is 6.20 Å². The minimum absolute atomic E-state index is 0.677. The summed E-state index contributed by atoms with van der Waals surface area (Å²) in [6.07, 6.45) is 4.98. The molecule has 11 heavy (non-hydrogen) atoms. The Balaban J connectivity index is 2.59. The van der Waals surface area contributed by atoms with Crippen molar-refractivity contribution in [2.24, 2.45) is 0 Å². The van der Waals surface area contributed by atoms with Crippen LogP contribution in [0.5, 0.6) is 0 Å². The van der Waals surface area contributed by atoms with Gasteiger partial charge in [0.2, 0.25) is 0 Å². The lowest BCUT2D eigenvalue weighted by molar-refractivity contribution is 0.870. The van der Waals surface area contributed by atoms with Crippen LogP contribution in [0, 0.1) is 0 Å². The smallest absolute Gasteiger partial charge is 0.182 e. The highest BCUT2D eigenvalue weighted by Gasteiger charge is 2.04. The number of nitrogens with one attached hydrogen (secondary N) is 1. The van der Waals surface area contributed by atoms with E-state index in [1.54, 1.807) is 11.0 Å². The molecule has 0 spiro atoms. The highest BCUT2D eigenvalue weighted by atomic mass is 15.4. The van der Waals surface area contributed by atoms with Gasteiger partial charge in [0, 0.05) is 7.05 Å². The summed E-state index contributed by atoms with van der Waals surface area (Å²) in [5.74, 6) is 0.677. The summed E-state index contributed by atoms with van der Waals surface area (Å²) < 4.78 is 1.72. The van der Waals surface area contributed by atoms with Crippen LogP contribution in [0.1, 0.15) is 0 Å². The number of hydrogen-bond acceptors (Lipinski definition) is 4. The first-order chi connectivity index (χ1) is 5.40. The molecule has 0 aromatic rings. The Morgan fingerprint density at radius 3 is 3.09 bits per heavy atom. The summed E-state index contributed by atoms with van der Waals surface area (Å²) in [6, 6.07) is 0. The second-order valence-corrected chi connectivity index (χ2v) is 2.09. The van der Waals surface area contributed by atoms with Crippen LogP contribution in [0.3, 0.4) is 0 Å². The van der Waals surface area contributed by atoms with Crippen molar-refractivity contribution in [3.05, 3.63) is 18.9 Å². The fourth-order valence-corrected chi connectivity index (χ4v) is 0.864. The van der Waals surface area contributed by atoms with Gasteiger partial charge in [-0.3, -0.25) is 4.68 Å². The van der Waals surface area contributed by atoms with Gasteiger partial charge >= 0.3 is 0 Å². The number of nitrogens with zero attached hydrogens (tertiary/aromatic N) is 4. The zero-order valence-electron chi connectivity index (χ0n) is 6.02. The highest BCUT2D eigenvalue weighted by Crippen LogP contribution is 2.09. The van der Waals surface area contributed by atoms with Crippen LogP contribution in [0.4, 0.5) is 0 Å². The molecule has 2 rings (SSSR count). The predicted molar refractivity (Wildman–Crippen MR) is 39.7 cm³/mol. The predicted octanol–water partition coefficient (Wildman–Crippen LogP) is -0.0488. The number of rotatable bonds is 1. The van der Waals surface area contributed by atoms with Crippen LogP contribution in [0.2, 0.25) is 0 Å². The molecular weight excluding hydrogens is 142 g/mol. The fraction of sp³-hybridized carbons (Fsp3) is 0.167.